The average molecular weight is 538 g/mol. The number of likely N-dealkylation sites (tertiary alicyclic amines) is 1. The molecule has 3 aliphatic heterocycles. The van der Waals surface area contributed by atoms with Gasteiger partial charge in [0.25, 0.3) is 0 Å². The summed E-state index contributed by atoms with van der Waals surface area (Å²) in [6.45, 7) is 17.8. The van der Waals surface area contributed by atoms with Crippen LogP contribution < -0.4 is 0 Å². The zero-order valence-electron chi connectivity index (χ0n) is 23.9. The molecule has 3 amide bonds. The Morgan fingerprint density at radius 2 is 1.79 bits per heavy atom. The molecule has 0 aromatic heterocycles. The Morgan fingerprint density at radius 1 is 1.15 bits per heavy atom. The van der Waals surface area contributed by atoms with E-state index in [-0.39, 0.29) is 24.3 Å². The summed E-state index contributed by atoms with van der Waals surface area (Å²) in [5, 5.41) is 10.1. The molecule has 6 atom stereocenters. The molecule has 1 spiro atoms. The van der Waals surface area contributed by atoms with Gasteiger partial charge in [-0.1, -0.05) is 42.5 Å². The van der Waals surface area contributed by atoms with E-state index in [1.54, 1.807) is 28.9 Å². The van der Waals surface area contributed by atoms with Gasteiger partial charge in [-0.05, 0) is 53.0 Å². The van der Waals surface area contributed by atoms with Gasteiger partial charge in [-0.25, -0.2) is 0 Å². The number of carbonyl (C=O) groups excluding carboxylic acids is 3. The molecule has 0 aliphatic carbocycles. The van der Waals surface area contributed by atoms with Crippen molar-refractivity contribution in [3.63, 3.8) is 0 Å². The zero-order valence-corrected chi connectivity index (χ0v) is 23.9. The van der Waals surface area contributed by atoms with Gasteiger partial charge in [-0.15, -0.1) is 13.2 Å². The smallest absolute Gasteiger partial charge is 0.249 e. The average Bonchev–Trinajstić information content (AvgIpc) is 3.46. The first-order valence-corrected chi connectivity index (χ1v) is 13.9. The molecule has 0 radical (unpaired) electrons. The summed E-state index contributed by atoms with van der Waals surface area (Å²) < 4.78 is 6.76. The van der Waals surface area contributed by atoms with E-state index in [0.717, 1.165) is 5.56 Å². The summed E-state index contributed by atoms with van der Waals surface area (Å²) >= 11 is 0. The van der Waals surface area contributed by atoms with E-state index in [4.69, 9.17) is 4.74 Å². The minimum atomic E-state index is -1.15. The van der Waals surface area contributed by atoms with Crippen molar-refractivity contribution >= 4 is 17.7 Å². The lowest BCUT2D eigenvalue weighted by Gasteiger charge is -2.43. The fraction of sp³-hybridized carbons (Fsp3) is 0.581. The van der Waals surface area contributed by atoms with Crippen LogP contribution >= 0.6 is 0 Å². The molecule has 3 saturated heterocycles. The minimum absolute atomic E-state index is 0.176. The summed E-state index contributed by atoms with van der Waals surface area (Å²) in [5.74, 6) is -2.30. The molecule has 2 bridgehead atoms. The number of fused-ring (bicyclic) bond motifs is 1. The minimum Gasteiger partial charge on any atom is -0.394 e. The molecule has 3 heterocycles. The van der Waals surface area contributed by atoms with Gasteiger partial charge in [0.05, 0.1) is 30.1 Å². The fourth-order valence-corrected chi connectivity index (χ4v) is 6.94. The molecule has 1 N–H and O–H groups in total. The van der Waals surface area contributed by atoms with Gasteiger partial charge in [0.15, 0.2) is 0 Å². The van der Waals surface area contributed by atoms with Gasteiger partial charge in [-0.2, -0.15) is 0 Å². The van der Waals surface area contributed by atoms with E-state index in [0.29, 0.717) is 32.5 Å². The lowest BCUT2D eigenvalue weighted by molar-refractivity contribution is -0.158. The van der Waals surface area contributed by atoms with Crippen LogP contribution in [0.3, 0.4) is 0 Å². The first-order valence-electron chi connectivity index (χ1n) is 13.9. The molecule has 39 heavy (non-hydrogen) atoms. The molecule has 1 aromatic rings. The van der Waals surface area contributed by atoms with Gasteiger partial charge in [0.2, 0.25) is 17.7 Å². The van der Waals surface area contributed by atoms with Gasteiger partial charge >= 0.3 is 0 Å². The van der Waals surface area contributed by atoms with Gasteiger partial charge in [0.1, 0.15) is 11.6 Å². The van der Waals surface area contributed by atoms with E-state index in [1.165, 1.54) is 4.90 Å². The molecular formula is C31H43N3O5. The number of aliphatic hydroxyl groups excluding tert-OH is 1. The van der Waals surface area contributed by atoms with Crippen LogP contribution in [0.2, 0.25) is 0 Å². The Hall–Kier alpha value is -2.97. The molecule has 8 heteroatoms. The first kappa shape index (κ1) is 29.0. The zero-order chi connectivity index (χ0) is 28.8. The quantitative estimate of drug-likeness (QED) is 0.463. The van der Waals surface area contributed by atoms with E-state index in [9.17, 15) is 19.5 Å². The monoisotopic (exact) mass is 537 g/mol. The maximum atomic E-state index is 14.4. The third-order valence-corrected chi connectivity index (χ3v) is 8.72. The number of hydrogen-bond acceptors (Lipinski definition) is 5. The third kappa shape index (κ3) is 4.72. The number of aliphatic hydroxyl groups is 1. The molecule has 8 nitrogen and oxygen atoms in total. The van der Waals surface area contributed by atoms with Gasteiger partial charge < -0.3 is 24.5 Å². The number of amides is 3. The molecule has 4 rings (SSSR count). The van der Waals surface area contributed by atoms with Crippen molar-refractivity contribution < 1.29 is 24.2 Å². The van der Waals surface area contributed by atoms with Crippen molar-refractivity contribution in [2.75, 3.05) is 19.7 Å². The number of nitrogens with zero attached hydrogens (tertiary/aromatic N) is 3. The predicted octanol–water partition coefficient (Wildman–Crippen LogP) is 3.16. The lowest BCUT2D eigenvalue weighted by Crippen LogP contribution is -2.61. The Balaban J connectivity index is 1.78. The highest BCUT2D eigenvalue weighted by Crippen LogP contribution is 2.64. The summed E-state index contributed by atoms with van der Waals surface area (Å²) in [6, 6.07) is 8.15. The normalized spacial score (nSPS) is 30.2. The molecular weight excluding hydrogens is 494 g/mol. The predicted molar refractivity (Wildman–Crippen MR) is 149 cm³/mol. The molecule has 3 aliphatic rings. The highest BCUT2D eigenvalue weighted by Gasteiger charge is 2.78. The molecule has 212 valence electrons. The summed E-state index contributed by atoms with van der Waals surface area (Å²) in [6.07, 6.45) is 4.40. The second-order valence-electron chi connectivity index (χ2n) is 12.4. The number of benzene rings is 1. The SMILES string of the molecule is C=CCN(Cc1ccccc1)C(=O)[C@@H]1[C@H]2C(=O)N([C@H](C)CO)C(C(=O)N(CC=C)C(C)(C)C)C23CC[C@@]1(C)O3. The van der Waals surface area contributed by atoms with Crippen LogP contribution in [0.1, 0.15) is 53.0 Å². The van der Waals surface area contributed by atoms with Crippen LogP contribution in [0, 0.1) is 11.8 Å². The van der Waals surface area contributed by atoms with Crippen LogP contribution in [0.5, 0.6) is 0 Å². The number of rotatable bonds is 10. The molecule has 0 saturated carbocycles. The van der Waals surface area contributed by atoms with Crippen LogP contribution in [0.15, 0.2) is 55.6 Å². The standard InChI is InChI=1S/C31H43N3O5/c1-8-17-32(19-22-13-11-10-12-14-22)26(36)23-24-27(37)34(21(3)20-35)25(31(24)16-15-30(23,7)39-31)28(38)33(18-9-2)29(4,5)6/h8-14,21,23-25,35H,1-2,15-20H2,3-7H3/t21-,23+,24+,25?,30-,31?/m1/s1. The van der Waals surface area contributed by atoms with Crippen LogP contribution in [-0.4, -0.2) is 86.0 Å². The van der Waals surface area contributed by atoms with Gasteiger partial charge in [-0.3, -0.25) is 14.4 Å². The van der Waals surface area contributed by atoms with Crippen LogP contribution in [0.25, 0.3) is 0 Å². The van der Waals surface area contributed by atoms with E-state index in [1.807, 2.05) is 58.0 Å². The molecule has 3 fully saturated rings. The number of carbonyl (C=O) groups is 3. The lowest BCUT2D eigenvalue weighted by atomic mass is 9.66. The third-order valence-electron chi connectivity index (χ3n) is 8.72. The second-order valence-corrected chi connectivity index (χ2v) is 12.4. The molecule has 1 aromatic carbocycles. The second kappa shape index (κ2) is 10.5. The Labute approximate surface area is 232 Å². The Kier molecular flexibility index (Phi) is 7.85. The Bertz CT molecular complexity index is 1130. The number of hydrogen-bond donors (Lipinski definition) is 1. The maximum Gasteiger partial charge on any atom is 0.249 e. The highest BCUT2D eigenvalue weighted by molar-refractivity contribution is 5.99. The van der Waals surface area contributed by atoms with E-state index >= 15 is 0 Å². The van der Waals surface area contributed by atoms with Crippen molar-refractivity contribution in [1.82, 2.24) is 14.7 Å². The summed E-state index contributed by atoms with van der Waals surface area (Å²) in [5.41, 5.74) is -1.60. The summed E-state index contributed by atoms with van der Waals surface area (Å²) in [7, 11) is 0. The fourth-order valence-electron chi connectivity index (χ4n) is 6.94. The van der Waals surface area contributed by atoms with Crippen LogP contribution in [-0.2, 0) is 25.7 Å². The van der Waals surface area contributed by atoms with Crippen molar-refractivity contribution in [3.05, 3.63) is 61.2 Å². The largest absolute Gasteiger partial charge is 0.394 e. The van der Waals surface area contributed by atoms with Crippen LogP contribution in [0.4, 0.5) is 0 Å². The van der Waals surface area contributed by atoms with Crippen molar-refractivity contribution in [2.45, 2.75) is 82.8 Å². The Morgan fingerprint density at radius 3 is 2.36 bits per heavy atom. The highest BCUT2D eigenvalue weighted by atomic mass is 16.5. The van der Waals surface area contributed by atoms with Crippen molar-refractivity contribution in [3.8, 4) is 0 Å². The van der Waals surface area contributed by atoms with Gasteiger partial charge in [0, 0.05) is 25.2 Å². The van der Waals surface area contributed by atoms with E-state index in [2.05, 4.69) is 13.2 Å². The number of ether oxygens (including phenoxy) is 1. The summed E-state index contributed by atoms with van der Waals surface area (Å²) in [4.78, 5) is 47.9. The van der Waals surface area contributed by atoms with E-state index < -0.39 is 40.7 Å². The van der Waals surface area contributed by atoms with Crippen molar-refractivity contribution in [2.24, 2.45) is 11.8 Å². The maximum absolute atomic E-state index is 14.4. The molecule has 2 unspecified atom stereocenters. The topological polar surface area (TPSA) is 90.4 Å². The van der Waals surface area contributed by atoms with Crippen molar-refractivity contribution in [1.29, 1.82) is 0 Å². The first-order chi connectivity index (χ1) is 18.4.